The highest BCUT2D eigenvalue weighted by molar-refractivity contribution is 6.31. The van der Waals surface area contributed by atoms with Gasteiger partial charge < -0.3 is 15.2 Å². The first kappa shape index (κ1) is 29.4. The quantitative estimate of drug-likeness (QED) is 0.182. The Morgan fingerprint density at radius 3 is 2.66 bits per heavy atom. The minimum Gasteiger partial charge on any atom is -0.478 e. The second kappa shape index (κ2) is 12.5. The number of aliphatic carboxylic acids is 1. The lowest BCUT2D eigenvalue weighted by Gasteiger charge is -2.26. The Labute approximate surface area is 260 Å². The molecule has 5 aromatic rings. The first-order valence-corrected chi connectivity index (χ1v) is 15.1. The number of aryl methyl sites for hydroxylation is 1. The van der Waals surface area contributed by atoms with Crippen molar-refractivity contribution < 1.29 is 19.4 Å². The number of carboxylic acid groups (broad SMARTS) is 1. The molecule has 0 aliphatic heterocycles. The number of rotatable bonds is 9. The fourth-order valence-corrected chi connectivity index (χ4v) is 5.94. The summed E-state index contributed by atoms with van der Waals surface area (Å²) < 4.78 is 7.67. The smallest absolute Gasteiger partial charge is 0.349 e. The van der Waals surface area contributed by atoms with E-state index in [2.05, 4.69) is 41.6 Å². The van der Waals surface area contributed by atoms with E-state index in [1.165, 1.54) is 11.1 Å². The van der Waals surface area contributed by atoms with E-state index < -0.39 is 12.1 Å². The van der Waals surface area contributed by atoms with Crippen LogP contribution in [0, 0.1) is 0 Å². The van der Waals surface area contributed by atoms with Crippen molar-refractivity contribution in [3.05, 3.63) is 123 Å². The van der Waals surface area contributed by atoms with Crippen LogP contribution in [-0.4, -0.2) is 32.0 Å². The van der Waals surface area contributed by atoms with Gasteiger partial charge in [0.05, 0.1) is 18.1 Å². The number of ether oxygens (including phenoxy) is 1. The molecular weight excluding hydrogens is 576 g/mol. The van der Waals surface area contributed by atoms with Gasteiger partial charge in [-0.3, -0.25) is 4.79 Å². The van der Waals surface area contributed by atoms with Crippen molar-refractivity contribution in [3.8, 4) is 5.75 Å². The Balaban J connectivity index is 1.19. The second-order valence-electron chi connectivity index (χ2n) is 11.5. The standard InChI is InChI=1S/C35H33ClN4O4/c1-21(2)23-9-5-10-24(17-23)33(35(42)43)44-27-14-15-29(36)26(18-27)20-40-32-16-13-25(19-31(32)38-39-40)34(41)37-30-12-6-8-22-7-3-4-11-28(22)30/h3-5,7,9-11,13-19,21,30,33H,6,8,12,20H2,1-2H3,(H,37,41)(H,42,43). The predicted molar refractivity (Wildman–Crippen MR) is 169 cm³/mol. The fourth-order valence-electron chi connectivity index (χ4n) is 5.76. The third kappa shape index (κ3) is 6.17. The lowest BCUT2D eigenvalue weighted by molar-refractivity contribution is -0.145. The van der Waals surface area contributed by atoms with E-state index >= 15 is 0 Å². The summed E-state index contributed by atoms with van der Waals surface area (Å²) in [6.07, 6.45) is 1.79. The van der Waals surface area contributed by atoms with E-state index in [1.54, 1.807) is 41.1 Å². The van der Waals surface area contributed by atoms with E-state index in [4.69, 9.17) is 16.3 Å². The molecule has 6 rings (SSSR count). The molecule has 0 bridgehead atoms. The van der Waals surface area contributed by atoms with Crippen LogP contribution < -0.4 is 10.1 Å². The van der Waals surface area contributed by atoms with Gasteiger partial charge in [0.1, 0.15) is 11.3 Å². The van der Waals surface area contributed by atoms with E-state index in [-0.39, 0.29) is 24.4 Å². The van der Waals surface area contributed by atoms with Gasteiger partial charge in [0.25, 0.3) is 5.91 Å². The third-order valence-corrected chi connectivity index (χ3v) is 8.52. The number of benzene rings is 4. The van der Waals surface area contributed by atoms with Gasteiger partial charge in [0.15, 0.2) is 0 Å². The summed E-state index contributed by atoms with van der Waals surface area (Å²) in [5.41, 5.74) is 6.59. The van der Waals surface area contributed by atoms with Crippen molar-refractivity contribution in [2.24, 2.45) is 0 Å². The Kier molecular flexibility index (Phi) is 8.35. The monoisotopic (exact) mass is 608 g/mol. The van der Waals surface area contributed by atoms with Gasteiger partial charge in [0.2, 0.25) is 6.10 Å². The van der Waals surface area contributed by atoms with Crippen molar-refractivity contribution in [2.75, 3.05) is 0 Å². The van der Waals surface area contributed by atoms with Gasteiger partial charge in [-0.1, -0.05) is 79.2 Å². The molecule has 1 heterocycles. The van der Waals surface area contributed by atoms with Crippen LogP contribution >= 0.6 is 11.6 Å². The average Bonchev–Trinajstić information content (AvgIpc) is 3.43. The number of amides is 1. The zero-order valence-electron chi connectivity index (χ0n) is 24.5. The maximum atomic E-state index is 13.2. The summed E-state index contributed by atoms with van der Waals surface area (Å²) in [6.45, 7) is 4.39. The van der Waals surface area contributed by atoms with E-state index in [1.807, 2.05) is 36.4 Å². The summed E-state index contributed by atoms with van der Waals surface area (Å²) in [4.78, 5) is 25.4. The van der Waals surface area contributed by atoms with Crippen LogP contribution in [0.1, 0.15) is 82.9 Å². The van der Waals surface area contributed by atoms with Crippen LogP contribution in [-0.2, 0) is 17.8 Å². The molecule has 9 heteroatoms. The molecule has 0 spiro atoms. The Morgan fingerprint density at radius 2 is 1.84 bits per heavy atom. The molecule has 2 atom stereocenters. The van der Waals surface area contributed by atoms with Crippen molar-refractivity contribution >= 4 is 34.5 Å². The third-order valence-electron chi connectivity index (χ3n) is 8.15. The first-order chi connectivity index (χ1) is 21.3. The highest BCUT2D eigenvalue weighted by atomic mass is 35.5. The highest BCUT2D eigenvalue weighted by Gasteiger charge is 2.24. The maximum absolute atomic E-state index is 13.2. The summed E-state index contributed by atoms with van der Waals surface area (Å²) in [7, 11) is 0. The van der Waals surface area contributed by atoms with E-state index in [0.29, 0.717) is 33.0 Å². The lowest BCUT2D eigenvalue weighted by Crippen LogP contribution is -2.30. The fraction of sp³-hybridized carbons (Fsp3) is 0.257. The van der Waals surface area contributed by atoms with Crippen molar-refractivity contribution in [1.82, 2.24) is 20.3 Å². The van der Waals surface area contributed by atoms with Crippen molar-refractivity contribution in [2.45, 2.75) is 57.7 Å². The maximum Gasteiger partial charge on any atom is 0.349 e. The number of hydrogen-bond donors (Lipinski definition) is 2. The normalized spacial score (nSPS) is 15.1. The number of halogens is 1. The van der Waals surface area contributed by atoms with Crippen LogP contribution in [0.3, 0.4) is 0 Å². The average molecular weight is 609 g/mol. The molecule has 44 heavy (non-hydrogen) atoms. The Bertz CT molecular complexity index is 1850. The van der Waals surface area contributed by atoms with Gasteiger partial charge in [-0.15, -0.1) is 5.10 Å². The van der Waals surface area contributed by atoms with Crippen molar-refractivity contribution in [3.63, 3.8) is 0 Å². The van der Waals surface area contributed by atoms with Gasteiger partial charge in [0, 0.05) is 16.1 Å². The van der Waals surface area contributed by atoms with Gasteiger partial charge >= 0.3 is 5.97 Å². The van der Waals surface area contributed by atoms with Gasteiger partial charge in [-0.25, -0.2) is 9.48 Å². The summed E-state index contributed by atoms with van der Waals surface area (Å²) in [6, 6.07) is 26.1. The molecule has 1 aliphatic rings. The Morgan fingerprint density at radius 1 is 1.02 bits per heavy atom. The molecule has 0 saturated heterocycles. The van der Waals surface area contributed by atoms with E-state index in [9.17, 15) is 14.7 Å². The largest absolute Gasteiger partial charge is 0.478 e. The number of nitrogens with zero attached hydrogens (tertiary/aromatic N) is 3. The number of hydrogen-bond acceptors (Lipinski definition) is 5. The molecular formula is C35H33ClN4O4. The zero-order chi connectivity index (χ0) is 30.8. The number of carbonyl (C=O) groups excluding carboxylic acids is 1. The summed E-state index contributed by atoms with van der Waals surface area (Å²) in [5.74, 6) is -0.608. The van der Waals surface area contributed by atoms with Gasteiger partial charge in [-0.05, 0) is 83.8 Å². The molecule has 224 valence electrons. The molecule has 0 saturated carbocycles. The molecule has 2 N–H and O–H groups in total. The topological polar surface area (TPSA) is 106 Å². The number of fused-ring (bicyclic) bond motifs is 2. The second-order valence-corrected chi connectivity index (χ2v) is 11.9. The minimum absolute atomic E-state index is 0.0182. The predicted octanol–water partition coefficient (Wildman–Crippen LogP) is 7.27. The van der Waals surface area contributed by atoms with E-state index in [0.717, 1.165) is 30.3 Å². The lowest BCUT2D eigenvalue weighted by atomic mass is 9.87. The first-order valence-electron chi connectivity index (χ1n) is 14.8. The van der Waals surface area contributed by atoms with Crippen LogP contribution in [0.15, 0.2) is 84.9 Å². The van der Waals surface area contributed by atoms with Gasteiger partial charge in [-0.2, -0.15) is 0 Å². The number of nitrogens with one attached hydrogen (secondary N) is 1. The van der Waals surface area contributed by atoms with Crippen LogP contribution in [0.2, 0.25) is 5.02 Å². The molecule has 4 aromatic carbocycles. The molecule has 1 amide bonds. The molecule has 8 nitrogen and oxygen atoms in total. The Hall–Kier alpha value is -4.69. The van der Waals surface area contributed by atoms with Crippen LogP contribution in [0.5, 0.6) is 5.75 Å². The summed E-state index contributed by atoms with van der Waals surface area (Å²) >= 11 is 6.55. The molecule has 0 radical (unpaired) electrons. The van der Waals surface area contributed by atoms with Crippen molar-refractivity contribution in [1.29, 1.82) is 0 Å². The number of carboxylic acids is 1. The SMILES string of the molecule is CC(C)c1cccc(C(Oc2ccc(Cl)c(Cn3nnc4cc(C(=O)NC5CCCc6ccccc65)ccc43)c2)C(=O)O)c1. The number of carbonyl (C=O) groups is 2. The van der Waals surface area contributed by atoms with Crippen LogP contribution in [0.25, 0.3) is 11.0 Å². The zero-order valence-corrected chi connectivity index (χ0v) is 25.3. The minimum atomic E-state index is -1.18. The van der Waals surface area contributed by atoms with Crippen LogP contribution in [0.4, 0.5) is 0 Å². The highest BCUT2D eigenvalue weighted by Crippen LogP contribution is 2.31. The molecule has 0 fully saturated rings. The molecule has 1 aliphatic carbocycles. The molecule has 2 unspecified atom stereocenters. The number of aromatic nitrogens is 3. The molecule has 1 aromatic heterocycles. The summed E-state index contributed by atoms with van der Waals surface area (Å²) in [5, 5.41) is 22.3.